The van der Waals surface area contributed by atoms with Gasteiger partial charge in [0.1, 0.15) is 5.82 Å². The van der Waals surface area contributed by atoms with Crippen LogP contribution in [0.2, 0.25) is 5.02 Å². The van der Waals surface area contributed by atoms with E-state index in [0.717, 1.165) is 17.2 Å². The number of likely N-dealkylation sites (tertiary alicyclic amines) is 1. The van der Waals surface area contributed by atoms with Crippen molar-refractivity contribution in [3.05, 3.63) is 40.9 Å². The molecule has 2 aliphatic rings. The highest BCUT2D eigenvalue weighted by Crippen LogP contribution is 2.36. The van der Waals surface area contributed by atoms with E-state index in [1.807, 2.05) is 0 Å². The number of nitrogens with two attached hydrogens (primary N) is 1. The summed E-state index contributed by atoms with van der Waals surface area (Å²) in [5, 5.41) is 2.43. The number of anilines is 1. The van der Waals surface area contributed by atoms with Gasteiger partial charge in [-0.3, -0.25) is 9.79 Å². The van der Waals surface area contributed by atoms with E-state index < -0.39 is 42.8 Å². The van der Waals surface area contributed by atoms with Gasteiger partial charge in [0.15, 0.2) is 0 Å². The number of carbonyl (C=O) groups excluding carboxylic acids is 2. The lowest BCUT2D eigenvalue weighted by Gasteiger charge is -2.34. The summed E-state index contributed by atoms with van der Waals surface area (Å²) in [6.07, 6.45) is -4.14. The summed E-state index contributed by atoms with van der Waals surface area (Å²) in [5.74, 6) is -3.14. The number of amides is 3. The fraction of sp³-hybridized carbons (Fsp3) is 0.421. The van der Waals surface area contributed by atoms with Crippen LogP contribution in [0.3, 0.4) is 0 Å². The van der Waals surface area contributed by atoms with Gasteiger partial charge in [-0.25, -0.2) is 9.18 Å². The van der Waals surface area contributed by atoms with Gasteiger partial charge in [-0.15, -0.1) is 0 Å². The van der Waals surface area contributed by atoms with Gasteiger partial charge < -0.3 is 20.9 Å². The van der Waals surface area contributed by atoms with Crippen LogP contribution >= 0.6 is 11.6 Å². The van der Waals surface area contributed by atoms with E-state index >= 15 is 0 Å². The molecule has 1 aromatic rings. The number of hydrogen-bond acceptors (Lipinski definition) is 4. The summed E-state index contributed by atoms with van der Waals surface area (Å²) < 4.78 is 52.4. The smallest absolute Gasteiger partial charge is 0.394 e. The number of urea groups is 1. The second-order valence-corrected chi connectivity index (χ2v) is 7.73. The van der Waals surface area contributed by atoms with E-state index in [1.165, 1.54) is 17.0 Å². The molecule has 0 saturated carbocycles. The highest BCUT2D eigenvalue weighted by molar-refractivity contribution is 6.31. The number of carbonyl (C=O) groups is 2. The maximum absolute atomic E-state index is 13.3. The standard InChI is InChI=1S/C19H20ClF4N5O2/c1-10-7-26-15(16(6-25)29-8-11(4-17(29)30)19(22,23)24)9-28(10)18(31)27-12-2-3-14(21)13(20)5-12/h2-3,5-6,10-11H,4,7-9,25H2,1H3,(H,27,31)/t10-,11?/m0/s1. The Kier molecular flexibility index (Phi) is 6.44. The topological polar surface area (TPSA) is 91.0 Å². The molecule has 1 unspecified atom stereocenters. The van der Waals surface area contributed by atoms with Gasteiger partial charge in [-0.05, 0) is 25.1 Å². The highest BCUT2D eigenvalue weighted by atomic mass is 35.5. The summed E-state index contributed by atoms with van der Waals surface area (Å²) >= 11 is 5.73. The number of halogens is 5. The van der Waals surface area contributed by atoms with Gasteiger partial charge in [-0.1, -0.05) is 11.6 Å². The van der Waals surface area contributed by atoms with Crippen molar-refractivity contribution in [2.45, 2.75) is 25.6 Å². The van der Waals surface area contributed by atoms with E-state index in [-0.39, 0.29) is 41.3 Å². The Morgan fingerprint density at radius 1 is 1.39 bits per heavy atom. The zero-order chi connectivity index (χ0) is 22.9. The first-order valence-corrected chi connectivity index (χ1v) is 9.74. The van der Waals surface area contributed by atoms with Gasteiger partial charge in [0.25, 0.3) is 0 Å². The second kappa shape index (κ2) is 8.74. The Balaban J connectivity index is 1.75. The Morgan fingerprint density at radius 3 is 2.68 bits per heavy atom. The summed E-state index contributed by atoms with van der Waals surface area (Å²) in [4.78, 5) is 31.6. The van der Waals surface area contributed by atoms with Gasteiger partial charge in [0.05, 0.1) is 41.5 Å². The number of alkyl halides is 3. The number of benzene rings is 1. The molecule has 1 aromatic carbocycles. The van der Waals surface area contributed by atoms with Crippen LogP contribution in [0, 0.1) is 11.7 Å². The Morgan fingerprint density at radius 2 is 2.10 bits per heavy atom. The van der Waals surface area contributed by atoms with Crippen LogP contribution in [-0.2, 0) is 4.79 Å². The maximum atomic E-state index is 13.3. The number of nitrogens with zero attached hydrogens (tertiary/aromatic N) is 3. The molecule has 2 atom stereocenters. The van der Waals surface area contributed by atoms with Crippen LogP contribution in [0.1, 0.15) is 13.3 Å². The first-order chi connectivity index (χ1) is 14.5. The lowest BCUT2D eigenvalue weighted by atomic mass is 10.1. The van der Waals surface area contributed by atoms with E-state index in [9.17, 15) is 27.2 Å². The molecular formula is C19H20ClF4N5O2. The molecule has 12 heteroatoms. The van der Waals surface area contributed by atoms with Crippen LogP contribution in [0.4, 0.5) is 28.0 Å². The Bertz CT molecular complexity index is 950. The number of nitrogens with one attached hydrogen (secondary N) is 1. The molecule has 3 amide bonds. The summed E-state index contributed by atoms with van der Waals surface area (Å²) in [6, 6.07) is 2.82. The third-order valence-electron chi connectivity index (χ3n) is 5.16. The Labute approximate surface area is 180 Å². The molecule has 3 N–H and O–H groups in total. The van der Waals surface area contributed by atoms with Crippen LogP contribution in [0.5, 0.6) is 0 Å². The molecule has 31 heavy (non-hydrogen) atoms. The molecule has 2 heterocycles. The minimum absolute atomic E-state index is 0.0475. The van der Waals surface area contributed by atoms with Crippen molar-refractivity contribution in [1.82, 2.24) is 9.80 Å². The van der Waals surface area contributed by atoms with Crippen LogP contribution in [-0.4, -0.2) is 59.3 Å². The first-order valence-electron chi connectivity index (χ1n) is 9.36. The molecule has 1 fully saturated rings. The van der Waals surface area contributed by atoms with Gasteiger partial charge >= 0.3 is 12.2 Å². The predicted octanol–water partition coefficient (Wildman–Crippen LogP) is 3.37. The molecule has 168 valence electrons. The molecule has 2 aliphatic heterocycles. The lowest BCUT2D eigenvalue weighted by molar-refractivity contribution is -0.170. The van der Waals surface area contributed by atoms with E-state index in [2.05, 4.69) is 10.3 Å². The van der Waals surface area contributed by atoms with Gasteiger partial charge in [0.2, 0.25) is 5.91 Å². The first kappa shape index (κ1) is 22.9. The van der Waals surface area contributed by atoms with Crippen LogP contribution < -0.4 is 11.1 Å². The minimum atomic E-state index is -4.50. The zero-order valence-corrected chi connectivity index (χ0v) is 17.2. The quantitative estimate of drug-likeness (QED) is 0.676. The van der Waals surface area contributed by atoms with Crippen molar-refractivity contribution in [3.63, 3.8) is 0 Å². The maximum Gasteiger partial charge on any atom is 0.394 e. The van der Waals surface area contributed by atoms with Crippen molar-refractivity contribution in [1.29, 1.82) is 0 Å². The van der Waals surface area contributed by atoms with Gasteiger partial charge in [0, 0.05) is 24.9 Å². The molecule has 0 spiro atoms. The number of aliphatic imine (C=N–C) groups is 1. The van der Waals surface area contributed by atoms with Crippen LogP contribution in [0.25, 0.3) is 0 Å². The van der Waals surface area contributed by atoms with Crippen molar-refractivity contribution in [3.8, 4) is 0 Å². The van der Waals surface area contributed by atoms with Crippen molar-refractivity contribution in [2.24, 2.45) is 16.6 Å². The molecule has 7 nitrogen and oxygen atoms in total. The average molecular weight is 462 g/mol. The lowest BCUT2D eigenvalue weighted by Crippen LogP contribution is -2.50. The number of rotatable bonds is 3. The monoisotopic (exact) mass is 461 g/mol. The van der Waals surface area contributed by atoms with Crippen molar-refractivity contribution < 1.29 is 27.2 Å². The molecule has 0 bridgehead atoms. The summed E-state index contributed by atoms with van der Waals surface area (Å²) in [5.41, 5.74) is 6.17. The normalized spacial score (nSPS) is 22.6. The van der Waals surface area contributed by atoms with E-state index in [1.54, 1.807) is 6.92 Å². The highest BCUT2D eigenvalue weighted by Gasteiger charge is 2.48. The van der Waals surface area contributed by atoms with Crippen LogP contribution in [0.15, 0.2) is 35.1 Å². The molecular weight excluding hydrogens is 442 g/mol. The molecule has 0 aliphatic carbocycles. The molecule has 0 radical (unpaired) electrons. The van der Waals surface area contributed by atoms with Crippen molar-refractivity contribution in [2.75, 3.05) is 25.0 Å². The third-order valence-corrected chi connectivity index (χ3v) is 5.45. The largest absolute Gasteiger partial charge is 0.403 e. The second-order valence-electron chi connectivity index (χ2n) is 7.32. The minimum Gasteiger partial charge on any atom is -0.403 e. The number of hydrogen-bond donors (Lipinski definition) is 2. The van der Waals surface area contributed by atoms with Crippen molar-refractivity contribution >= 4 is 34.9 Å². The summed E-state index contributed by atoms with van der Waals surface area (Å²) in [6.45, 7) is 1.27. The SMILES string of the molecule is C[C@H]1CN=C(C(=CN)N2CC(C(F)(F)F)CC2=O)CN1C(=O)Nc1ccc(F)c(Cl)c1. The fourth-order valence-electron chi connectivity index (χ4n) is 3.41. The fourth-order valence-corrected chi connectivity index (χ4v) is 3.59. The molecule has 0 aromatic heterocycles. The third kappa shape index (κ3) is 4.92. The average Bonchev–Trinajstić information content (AvgIpc) is 3.08. The van der Waals surface area contributed by atoms with E-state index in [4.69, 9.17) is 17.3 Å². The van der Waals surface area contributed by atoms with Gasteiger partial charge in [-0.2, -0.15) is 13.2 Å². The predicted molar refractivity (Wildman–Crippen MR) is 107 cm³/mol. The Hall–Kier alpha value is -2.82. The molecule has 1 saturated heterocycles. The van der Waals surface area contributed by atoms with E-state index in [0.29, 0.717) is 0 Å². The summed E-state index contributed by atoms with van der Waals surface area (Å²) in [7, 11) is 0. The zero-order valence-electron chi connectivity index (χ0n) is 16.4. The molecule has 3 rings (SSSR count).